The molecule has 0 radical (unpaired) electrons. The molecule has 0 spiro atoms. The average Bonchev–Trinajstić information content (AvgIpc) is 3.02. The van der Waals surface area contributed by atoms with Gasteiger partial charge in [-0.2, -0.15) is 16.8 Å². The average molecular weight is 399 g/mol. The Morgan fingerprint density at radius 1 is 1.11 bits per heavy atom. The summed E-state index contributed by atoms with van der Waals surface area (Å²) in [5, 5.41) is 0. The maximum Gasteiger partial charge on any atom is 0.279 e. The normalized spacial score (nSPS) is 11.9. The Balaban J connectivity index is 2.04. The van der Waals surface area contributed by atoms with Crippen molar-refractivity contribution in [3.63, 3.8) is 0 Å². The van der Waals surface area contributed by atoms with Crippen molar-refractivity contribution >= 4 is 45.0 Å². The Kier molecular flexibility index (Phi) is 6.29. The molecule has 0 saturated carbocycles. The molecular weight excluding hydrogens is 376 g/mol. The van der Waals surface area contributed by atoms with Gasteiger partial charge in [-0.3, -0.25) is 9.59 Å². The van der Waals surface area contributed by atoms with Crippen molar-refractivity contribution in [1.29, 1.82) is 0 Å². The number of nitrogens with zero attached hydrogens (tertiary/aromatic N) is 2. The molecule has 1 aromatic heterocycles. The molecule has 1 amide bonds. The molecule has 0 N–H and O–H groups in total. The van der Waals surface area contributed by atoms with Gasteiger partial charge >= 0.3 is 0 Å². The molecule has 0 unspecified atom stereocenters. The quantitative estimate of drug-likeness (QED) is 0.572. The van der Waals surface area contributed by atoms with Crippen LogP contribution in [-0.4, -0.2) is 28.3 Å². The van der Waals surface area contributed by atoms with Gasteiger partial charge in [-0.05, 0) is 49.4 Å². The lowest BCUT2D eigenvalue weighted by atomic mass is 10.1. The van der Waals surface area contributed by atoms with Crippen LogP contribution in [0.25, 0.3) is 10.2 Å². The lowest BCUT2D eigenvalue weighted by Gasteiger charge is -2.04. The highest BCUT2D eigenvalue weighted by atomic mass is 32.2. The molecule has 0 saturated heterocycles. The van der Waals surface area contributed by atoms with Crippen molar-refractivity contribution in [3.8, 4) is 0 Å². The third-order valence-electron chi connectivity index (χ3n) is 4.41. The first kappa shape index (κ1) is 19.6. The molecule has 4 nitrogen and oxygen atoms in total. The number of rotatable bonds is 6. The predicted molar refractivity (Wildman–Crippen MR) is 114 cm³/mol. The second kappa shape index (κ2) is 8.67. The first-order valence-corrected chi connectivity index (χ1v) is 11.1. The minimum Gasteiger partial charge on any atom is -0.316 e. The third kappa shape index (κ3) is 4.39. The molecule has 140 valence electrons. The Hall–Kier alpha value is -2.18. The van der Waals surface area contributed by atoms with Gasteiger partial charge in [-0.25, -0.2) is 0 Å². The van der Waals surface area contributed by atoms with Crippen LogP contribution in [0.15, 0.2) is 47.5 Å². The van der Waals surface area contributed by atoms with E-state index < -0.39 is 0 Å². The highest BCUT2D eigenvalue weighted by Crippen LogP contribution is 2.20. The SMILES string of the molecule is CCc1ccc2c(c1)sc(=NC(=O)c1ccc(C(C)=O)cc1)n2CCSC. The van der Waals surface area contributed by atoms with E-state index in [9.17, 15) is 9.59 Å². The molecule has 3 rings (SSSR count). The van der Waals surface area contributed by atoms with Gasteiger partial charge in [0.15, 0.2) is 10.6 Å². The fraction of sp³-hybridized carbons (Fsp3) is 0.286. The zero-order chi connectivity index (χ0) is 19.4. The van der Waals surface area contributed by atoms with Crippen molar-refractivity contribution in [3.05, 3.63) is 64.0 Å². The Bertz CT molecular complexity index is 1050. The molecule has 27 heavy (non-hydrogen) atoms. The first-order chi connectivity index (χ1) is 13.0. The zero-order valence-corrected chi connectivity index (χ0v) is 17.3. The number of carbonyl (C=O) groups excluding carboxylic acids is 2. The summed E-state index contributed by atoms with van der Waals surface area (Å²) >= 11 is 3.32. The molecule has 0 aliphatic heterocycles. The summed E-state index contributed by atoms with van der Waals surface area (Å²) in [6.07, 6.45) is 3.05. The summed E-state index contributed by atoms with van der Waals surface area (Å²) in [5.41, 5.74) is 3.47. The monoisotopic (exact) mass is 398 g/mol. The van der Waals surface area contributed by atoms with Gasteiger partial charge in [0, 0.05) is 23.4 Å². The van der Waals surface area contributed by atoms with E-state index >= 15 is 0 Å². The molecule has 0 aliphatic carbocycles. The number of fused-ring (bicyclic) bond motifs is 1. The Labute approximate surface area is 167 Å². The van der Waals surface area contributed by atoms with E-state index in [-0.39, 0.29) is 11.7 Å². The van der Waals surface area contributed by atoms with E-state index in [4.69, 9.17) is 0 Å². The van der Waals surface area contributed by atoms with Gasteiger partial charge in [0.2, 0.25) is 0 Å². The van der Waals surface area contributed by atoms with Crippen molar-refractivity contribution in [2.24, 2.45) is 4.99 Å². The summed E-state index contributed by atoms with van der Waals surface area (Å²) in [7, 11) is 0. The number of aryl methyl sites for hydroxylation is 2. The van der Waals surface area contributed by atoms with Gasteiger partial charge in [-0.1, -0.05) is 36.5 Å². The maximum absolute atomic E-state index is 12.7. The fourth-order valence-corrected chi connectivity index (χ4v) is 4.30. The van der Waals surface area contributed by atoms with Crippen LogP contribution in [0, 0.1) is 0 Å². The largest absolute Gasteiger partial charge is 0.316 e. The molecule has 3 aromatic rings. The number of hydrogen-bond acceptors (Lipinski definition) is 4. The minimum atomic E-state index is -0.287. The van der Waals surface area contributed by atoms with Gasteiger partial charge in [0.25, 0.3) is 5.91 Å². The second-order valence-electron chi connectivity index (χ2n) is 6.24. The van der Waals surface area contributed by atoms with Gasteiger partial charge in [0.05, 0.1) is 10.2 Å². The second-order valence-corrected chi connectivity index (χ2v) is 8.23. The van der Waals surface area contributed by atoms with Crippen molar-refractivity contribution < 1.29 is 9.59 Å². The fourth-order valence-electron chi connectivity index (χ4n) is 2.82. The topological polar surface area (TPSA) is 51.4 Å². The highest BCUT2D eigenvalue weighted by molar-refractivity contribution is 7.98. The van der Waals surface area contributed by atoms with Crippen molar-refractivity contribution in [1.82, 2.24) is 4.57 Å². The molecule has 2 aromatic carbocycles. The lowest BCUT2D eigenvalue weighted by Crippen LogP contribution is -2.18. The van der Waals surface area contributed by atoms with E-state index in [0.717, 1.165) is 28.9 Å². The maximum atomic E-state index is 12.7. The van der Waals surface area contributed by atoms with Gasteiger partial charge in [0.1, 0.15) is 0 Å². The molecule has 0 bridgehead atoms. The standard InChI is InChI=1S/C21H22N2O2S2/c1-4-15-5-10-18-19(13-15)27-21(23(18)11-12-26-3)22-20(25)17-8-6-16(7-9-17)14(2)24/h5-10,13H,4,11-12H2,1-3H3. The summed E-state index contributed by atoms with van der Waals surface area (Å²) in [5.74, 6) is 0.651. The van der Waals surface area contributed by atoms with Crippen LogP contribution < -0.4 is 4.80 Å². The zero-order valence-electron chi connectivity index (χ0n) is 15.7. The molecule has 0 fully saturated rings. The van der Waals surface area contributed by atoms with E-state index in [1.165, 1.54) is 12.5 Å². The highest BCUT2D eigenvalue weighted by Gasteiger charge is 2.10. The van der Waals surface area contributed by atoms with Crippen LogP contribution in [0.1, 0.15) is 40.1 Å². The Morgan fingerprint density at radius 2 is 1.81 bits per heavy atom. The number of carbonyl (C=O) groups is 2. The van der Waals surface area contributed by atoms with Crippen molar-refractivity contribution in [2.45, 2.75) is 26.8 Å². The van der Waals surface area contributed by atoms with Crippen LogP contribution in [0.5, 0.6) is 0 Å². The van der Waals surface area contributed by atoms with E-state index in [0.29, 0.717) is 15.9 Å². The number of hydrogen-bond donors (Lipinski definition) is 0. The number of Topliss-reactive ketones (excluding diaryl/α,β-unsaturated/α-hetero) is 1. The lowest BCUT2D eigenvalue weighted by molar-refractivity contribution is 0.0991. The molecule has 6 heteroatoms. The molecular formula is C21H22N2O2S2. The molecule has 1 heterocycles. The van der Waals surface area contributed by atoms with Crippen LogP contribution in [0.2, 0.25) is 0 Å². The number of thioether (sulfide) groups is 1. The number of aromatic nitrogens is 1. The first-order valence-electron chi connectivity index (χ1n) is 8.84. The van der Waals surface area contributed by atoms with Gasteiger partial charge < -0.3 is 4.57 Å². The Morgan fingerprint density at radius 3 is 2.44 bits per heavy atom. The summed E-state index contributed by atoms with van der Waals surface area (Å²) in [6.45, 7) is 4.45. The smallest absolute Gasteiger partial charge is 0.279 e. The molecule has 0 atom stereocenters. The van der Waals surface area contributed by atoms with E-state index in [2.05, 4.69) is 40.9 Å². The predicted octanol–water partition coefficient (Wildman–Crippen LogP) is 4.57. The van der Waals surface area contributed by atoms with Crippen LogP contribution in [0.4, 0.5) is 0 Å². The summed E-state index contributed by atoms with van der Waals surface area (Å²) in [4.78, 5) is 29.2. The van der Waals surface area contributed by atoms with Crippen LogP contribution in [0.3, 0.4) is 0 Å². The minimum absolute atomic E-state index is 0.0166. The number of ketones is 1. The van der Waals surface area contributed by atoms with Gasteiger partial charge in [-0.15, -0.1) is 0 Å². The van der Waals surface area contributed by atoms with Crippen LogP contribution >= 0.6 is 23.1 Å². The molecule has 0 aliphatic rings. The third-order valence-corrected chi connectivity index (χ3v) is 6.04. The summed E-state index contributed by atoms with van der Waals surface area (Å²) < 4.78 is 3.27. The number of thiazole rings is 1. The number of benzene rings is 2. The number of amides is 1. The van der Waals surface area contributed by atoms with Crippen molar-refractivity contribution in [2.75, 3.05) is 12.0 Å². The van der Waals surface area contributed by atoms with E-state index in [1.54, 1.807) is 47.4 Å². The summed E-state index contributed by atoms with van der Waals surface area (Å²) in [6, 6.07) is 13.1. The van der Waals surface area contributed by atoms with Crippen LogP contribution in [-0.2, 0) is 13.0 Å². The van der Waals surface area contributed by atoms with E-state index in [1.807, 2.05) is 0 Å².